The number of hydrogen-bond acceptors (Lipinski definition) is 7. The van der Waals surface area contributed by atoms with E-state index < -0.39 is 15.8 Å². The molecule has 1 atom stereocenters. The second-order valence-corrected chi connectivity index (χ2v) is 11.7. The van der Waals surface area contributed by atoms with E-state index in [0.717, 1.165) is 25.0 Å². The number of aromatic nitrogens is 1. The van der Waals surface area contributed by atoms with Crippen LogP contribution in [-0.2, 0) is 14.8 Å². The number of carbonyl (C=O) groups is 1. The van der Waals surface area contributed by atoms with Gasteiger partial charge in [0.15, 0.2) is 5.13 Å². The molecule has 8 nitrogen and oxygen atoms in total. The summed E-state index contributed by atoms with van der Waals surface area (Å²) in [6.45, 7) is 0.937. The van der Waals surface area contributed by atoms with E-state index in [1.54, 1.807) is 24.1 Å². The Morgan fingerprint density at radius 2 is 1.92 bits per heavy atom. The van der Waals surface area contributed by atoms with Gasteiger partial charge in [-0.05, 0) is 73.5 Å². The SMILES string of the molecule is COc1ccc(Cl)c2sc(N(CC3CCCO3)C(=O)c3ccc(NS(=O)(=O)c4ccc(F)cc4)cc3)nc12. The molecule has 0 spiro atoms. The fourth-order valence-electron chi connectivity index (χ4n) is 4.13. The average Bonchev–Trinajstić information content (AvgIpc) is 3.58. The monoisotopic (exact) mass is 575 g/mol. The number of hydrogen-bond donors (Lipinski definition) is 1. The summed E-state index contributed by atoms with van der Waals surface area (Å²) in [5.74, 6) is -0.301. The Kier molecular flexibility index (Phi) is 7.53. The maximum Gasteiger partial charge on any atom is 0.261 e. The molecule has 198 valence electrons. The molecule has 0 aliphatic carbocycles. The highest BCUT2D eigenvalue weighted by Gasteiger charge is 2.28. The van der Waals surface area contributed by atoms with Crippen molar-refractivity contribution in [1.29, 1.82) is 0 Å². The fourth-order valence-corrected chi connectivity index (χ4v) is 6.45. The zero-order valence-corrected chi connectivity index (χ0v) is 22.6. The van der Waals surface area contributed by atoms with E-state index in [2.05, 4.69) is 9.71 Å². The summed E-state index contributed by atoms with van der Waals surface area (Å²) in [7, 11) is -2.38. The van der Waals surface area contributed by atoms with Gasteiger partial charge in [0.05, 0.1) is 34.4 Å². The topological polar surface area (TPSA) is 97.8 Å². The Hall–Kier alpha value is -3.25. The molecule has 1 aliphatic heterocycles. The minimum atomic E-state index is -3.93. The van der Waals surface area contributed by atoms with Gasteiger partial charge in [-0.2, -0.15) is 0 Å². The molecule has 3 aromatic carbocycles. The number of sulfonamides is 1. The number of rotatable bonds is 8. The van der Waals surface area contributed by atoms with Gasteiger partial charge in [0.1, 0.15) is 17.1 Å². The van der Waals surface area contributed by atoms with E-state index in [9.17, 15) is 17.6 Å². The van der Waals surface area contributed by atoms with Crippen LogP contribution in [0.5, 0.6) is 5.75 Å². The molecule has 12 heteroatoms. The predicted molar refractivity (Wildman–Crippen MR) is 145 cm³/mol. The number of thiazole rings is 1. The molecule has 1 N–H and O–H groups in total. The molecule has 4 aromatic rings. The van der Waals surface area contributed by atoms with Crippen molar-refractivity contribution in [3.05, 3.63) is 77.1 Å². The molecule has 1 fully saturated rings. The summed E-state index contributed by atoms with van der Waals surface area (Å²) in [4.78, 5) is 19.9. The Labute approximate surface area is 228 Å². The minimum Gasteiger partial charge on any atom is -0.494 e. The summed E-state index contributed by atoms with van der Waals surface area (Å²) in [5.41, 5.74) is 1.16. The third kappa shape index (κ3) is 5.46. The second kappa shape index (κ2) is 10.9. The van der Waals surface area contributed by atoms with Gasteiger partial charge in [0.25, 0.3) is 15.9 Å². The van der Waals surface area contributed by atoms with Gasteiger partial charge in [-0.25, -0.2) is 17.8 Å². The largest absolute Gasteiger partial charge is 0.494 e. The number of carbonyl (C=O) groups excluding carboxylic acids is 1. The van der Waals surface area contributed by atoms with Gasteiger partial charge in [0, 0.05) is 17.9 Å². The first kappa shape index (κ1) is 26.4. The zero-order valence-electron chi connectivity index (χ0n) is 20.2. The highest BCUT2D eigenvalue weighted by atomic mass is 35.5. The Morgan fingerprint density at radius 1 is 1.18 bits per heavy atom. The maximum absolute atomic E-state index is 13.7. The number of benzene rings is 3. The zero-order chi connectivity index (χ0) is 26.9. The lowest BCUT2D eigenvalue weighted by molar-refractivity contribution is 0.0917. The van der Waals surface area contributed by atoms with Gasteiger partial charge in [-0.3, -0.25) is 14.4 Å². The van der Waals surface area contributed by atoms with Gasteiger partial charge in [0.2, 0.25) is 0 Å². The molecule has 1 aromatic heterocycles. The minimum absolute atomic E-state index is 0.0771. The molecule has 1 unspecified atom stereocenters. The van der Waals surface area contributed by atoms with Gasteiger partial charge >= 0.3 is 0 Å². The molecule has 1 aliphatic rings. The molecule has 0 radical (unpaired) electrons. The number of anilines is 2. The molecule has 1 amide bonds. The fraction of sp³-hybridized carbons (Fsp3) is 0.231. The molecular formula is C26H23ClFN3O5S2. The summed E-state index contributed by atoms with van der Waals surface area (Å²) in [6.07, 6.45) is 1.60. The number of amides is 1. The van der Waals surface area contributed by atoms with Crippen molar-refractivity contribution in [3.8, 4) is 5.75 Å². The maximum atomic E-state index is 13.7. The Bertz CT molecular complexity index is 1570. The van der Waals surface area contributed by atoms with Crippen molar-refractivity contribution in [2.45, 2.75) is 23.8 Å². The number of nitrogens with zero attached hydrogens (tertiary/aromatic N) is 2. The van der Waals surface area contributed by atoms with E-state index in [0.29, 0.717) is 44.8 Å². The van der Waals surface area contributed by atoms with E-state index in [4.69, 9.17) is 21.1 Å². The summed E-state index contributed by atoms with van der Waals surface area (Å²) < 4.78 is 52.8. The first-order valence-corrected chi connectivity index (χ1v) is 14.4. The number of halogens is 2. The highest BCUT2D eigenvalue weighted by molar-refractivity contribution is 7.92. The van der Waals surface area contributed by atoms with Crippen LogP contribution in [0.2, 0.25) is 5.02 Å². The van der Waals surface area contributed by atoms with Crippen LogP contribution in [0.1, 0.15) is 23.2 Å². The number of fused-ring (bicyclic) bond motifs is 1. The van der Waals surface area contributed by atoms with Crippen LogP contribution < -0.4 is 14.4 Å². The van der Waals surface area contributed by atoms with Crippen molar-refractivity contribution in [2.24, 2.45) is 0 Å². The first-order valence-electron chi connectivity index (χ1n) is 11.7. The van der Waals surface area contributed by atoms with Crippen LogP contribution >= 0.6 is 22.9 Å². The summed E-state index contributed by atoms with van der Waals surface area (Å²) in [6, 6.07) is 14.0. The average molecular weight is 576 g/mol. The van der Waals surface area contributed by atoms with Gasteiger partial charge in [-0.1, -0.05) is 22.9 Å². The van der Waals surface area contributed by atoms with Crippen molar-refractivity contribution in [1.82, 2.24) is 4.98 Å². The van der Waals surface area contributed by atoms with Crippen molar-refractivity contribution in [2.75, 3.05) is 29.9 Å². The number of ether oxygens (including phenoxy) is 2. The lowest BCUT2D eigenvalue weighted by Crippen LogP contribution is -2.37. The van der Waals surface area contributed by atoms with Gasteiger partial charge in [-0.15, -0.1) is 0 Å². The van der Waals surface area contributed by atoms with Crippen LogP contribution in [0.25, 0.3) is 10.2 Å². The standard InChI is InChI=1S/C26H23ClFN3O5S2/c1-35-22-13-12-21(27)24-23(22)29-26(37-24)31(15-19-3-2-14-36-19)25(32)16-4-8-18(9-5-16)30-38(33,34)20-10-6-17(28)7-11-20/h4-13,19,30H,2-3,14-15H2,1H3. The van der Waals surface area contributed by atoms with E-state index >= 15 is 0 Å². The Morgan fingerprint density at radius 3 is 2.58 bits per heavy atom. The van der Waals surface area contributed by atoms with Crippen LogP contribution in [-0.4, -0.2) is 45.7 Å². The molecule has 38 heavy (non-hydrogen) atoms. The predicted octanol–water partition coefficient (Wildman–Crippen LogP) is 5.72. The smallest absolute Gasteiger partial charge is 0.261 e. The summed E-state index contributed by atoms with van der Waals surface area (Å²) >= 11 is 7.69. The quantitative estimate of drug-likeness (QED) is 0.288. The van der Waals surface area contributed by atoms with Crippen molar-refractivity contribution < 1.29 is 27.1 Å². The van der Waals surface area contributed by atoms with Crippen LogP contribution in [0.15, 0.2) is 65.6 Å². The summed E-state index contributed by atoms with van der Waals surface area (Å²) in [5, 5.41) is 0.958. The van der Waals surface area contributed by atoms with E-state index in [-0.39, 0.29) is 22.6 Å². The van der Waals surface area contributed by atoms with E-state index in [1.807, 2.05) is 0 Å². The normalized spacial score (nSPS) is 15.5. The molecule has 0 saturated carbocycles. The van der Waals surface area contributed by atoms with Crippen LogP contribution in [0.4, 0.5) is 15.2 Å². The molecular weight excluding hydrogens is 553 g/mol. The third-order valence-electron chi connectivity index (χ3n) is 6.06. The van der Waals surface area contributed by atoms with Crippen molar-refractivity contribution in [3.63, 3.8) is 0 Å². The molecule has 0 bridgehead atoms. The first-order chi connectivity index (χ1) is 18.2. The third-order valence-corrected chi connectivity index (χ3v) is 9.00. The van der Waals surface area contributed by atoms with Crippen LogP contribution in [0, 0.1) is 5.82 Å². The van der Waals surface area contributed by atoms with Crippen molar-refractivity contribution >= 4 is 59.9 Å². The van der Waals surface area contributed by atoms with E-state index in [1.165, 1.54) is 47.7 Å². The second-order valence-electron chi connectivity index (χ2n) is 8.61. The van der Waals surface area contributed by atoms with Gasteiger partial charge < -0.3 is 9.47 Å². The molecule has 2 heterocycles. The highest BCUT2D eigenvalue weighted by Crippen LogP contribution is 2.39. The lowest BCUT2D eigenvalue weighted by atomic mass is 10.1. The lowest BCUT2D eigenvalue weighted by Gasteiger charge is -2.23. The Balaban J connectivity index is 1.43. The molecule has 5 rings (SSSR count). The number of nitrogens with one attached hydrogen (secondary N) is 1. The molecule has 1 saturated heterocycles. The number of methoxy groups -OCH3 is 1. The van der Waals surface area contributed by atoms with Crippen LogP contribution in [0.3, 0.4) is 0 Å².